The molecule has 0 spiro atoms. The first-order valence-electron chi connectivity index (χ1n) is 11.0. The molecule has 3 aromatic rings. The van der Waals surface area contributed by atoms with Crippen molar-refractivity contribution >= 4 is 16.8 Å². The highest BCUT2D eigenvalue weighted by molar-refractivity contribution is 6.07. The molecule has 1 aliphatic heterocycles. The summed E-state index contributed by atoms with van der Waals surface area (Å²) in [5.41, 5.74) is 3.14. The van der Waals surface area contributed by atoms with Crippen LogP contribution in [-0.4, -0.2) is 51.2 Å². The van der Waals surface area contributed by atoms with Crippen molar-refractivity contribution in [1.82, 2.24) is 25.0 Å². The number of hydrogen-bond donors (Lipinski definition) is 1. The minimum Gasteiger partial charge on any atom is -0.350 e. The first kappa shape index (κ1) is 20.5. The van der Waals surface area contributed by atoms with Gasteiger partial charge in [0.15, 0.2) is 0 Å². The normalized spacial score (nSPS) is 16.3. The number of aromatic nitrogens is 3. The summed E-state index contributed by atoms with van der Waals surface area (Å²) < 4.78 is 1.78. The van der Waals surface area contributed by atoms with Crippen LogP contribution in [0.5, 0.6) is 0 Å². The van der Waals surface area contributed by atoms with Crippen molar-refractivity contribution in [3.63, 3.8) is 0 Å². The Hall–Kier alpha value is -2.73. The fourth-order valence-corrected chi connectivity index (χ4v) is 4.23. The smallest absolute Gasteiger partial charge is 0.252 e. The first-order chi connectivity index (χ1) is 14.6. The molecule has 2 aromatic heterocycles. The van der Waals surface area contributed by atoms with Gasteiger partial charge in [0.25, 0.3) is 5.91 Å². The third-order valence-electron chi connectivity index (χ3n) is 6.00. The predicted octanol–water partition coefficient (Wildman–Crippen LogP) is 4.02. The third-order valence-corrected chi connectivity index (χ3v) is 6.00. The summed E-state index contributed by atoms with van der Waals surface area (Å²) in [5, 5.41) is 8.33. The van der Waals surface area contributed by atoms with Crippen molar-refractivity contribution < 1.29 is 4.79 Å². The Morgan fingerprint density at radius 3 is 2.63 bits per heavy atom. The minimum absolute atomic E-state index is 0.0413. The van der Waals surface area contributed by atoms with Crippen LogP contribution in [0.2, 0.25) is 0 Å². The predicted molar refractivity (Wildman–Crippen MR) is 120 cm³/mol. The van der Waals surface area contributed by atoms with Gasteiger partial charge in [-0.3, -0.25) is 9.48 Å². The van der Waals surface area contributed by atoms with E-state index < -0.39 is 0 Å². The lowest BCUT2D eigenvalue weighted by Gasteiger charge is -2.22. The molecule has 4 rings (SSSR count). The van der Waals surface area contributed by atoms with E-state index in [0.29, 0.717) is 5.56 Å². The van der Waals surface area contributed by atoms with E-state index in [-0.39, 0.29) is 11.9 Å². The lowest BCUT2D eigenvalue weighted by molar-refractivity contribution is 0.0937. The Bertz CT molecular complexity index is 1000. The number of hydrogen-bond acceptors (Lipinski definition) is 4. The zero-order valence-corrected chi connectivity index (χ0v) is 18.0. The topological polar surface area (TPSA) is 63.1 Å². The van der Waals surface area contributed by atoms with Crippen molar-refractivity contribution in [1.29, 1.82) is 0 Å². The molecule has 1 atom stereocenters. The SMILES string of the molecule is C[C@H](CCN1CCCCCC1)NC(=O)c1cc(-c2ccnn2C)nc2ccccc12. The molecule has 1 amide bonds. The zero-order chi connectivity index (χ0) is 20.9. The molecule has 0 saturated carbocycles. The van der Waals surface area contributed by atoms with Gasteiger partial charge in [0, 0.05) is 31.2 Å². The number of pyridine rings is 1. The molecule has 30 heavy (non-hydrogen) atoms. The number of nitrogens with zero attached hydrogens (tertiary/aromatic N) is 4. The summed E-state index contributed by atoms with van der Waals surface area (Å²) in [7, 11) is 1.89. The second kappa shape index (κ2) is 9.39. The number of benzene rings is 1. The number of carbonyl (C=O) groups is 1. The van der Waals surface area contributed by atoms with Crippen molar-refractivity contribution in [2.75, 3.05) is 19.6 Å². The van der Waals surface area contributed by atoms with Gasteiger partial charge in [-0.15, -0.1) is 0 Å². The highest BCUT2D eigenvalue weighted by atomic mass is 16.1. The summed E-state index contributed by atoms with van der Waals surface area (Å²) in [5.74, 6) is -0.0413. The van der Waals surface area contributed by atoms with Gasteiger partial charge >= 0.3 is 0 Å². The molecule has 0 unspecified atom stereocenters. The minimum atomic E-state index is -0.0413. The number of likely N-dealkylation sites (tertiary alicyclic amines) is 1. The largest absolute Gasteiger partial charge is 0.350 e. The average molecular weight is 406 g/mol. The molecule has 1 fully saturated rings. The monoisotopic (exact) mass is 405 g/mol. The van der Waals surface area contributed by atoms with E-state index in [1.807, 2.05) is 43.4 Å². The summed E-state index contributed by atoms with van der Waals surface area (Å²) >= 11 is 0. The number of nitrogens with one attached hydrogen (secondary N) is 1. The Morgan fingerprint density at radius 1 is 1.13 bits per heavy atom. The summed E-state index contributed by atoms with van der Waals surface area (Å²) in [6, 6.07) is 11.7. The van der Waals surface area contributed by atoms with Crippen LogP contribution in [0, 0.1) is 0 Å². The molecular formula is C24H31N5O. The zero-order valence-electron chi connectivity index (χ0n) is 18.0. The molecule has 1 aromatic carbocycles. The number of para-hydroxylation sites is 1. The lowest BCUT2D eigenvalue weighted by Crippen LogP contribution is -2.36. The van der Waals surface area contributed by atoms with Crippen LogP contribution in [-0.2, 0) is 7.05 Å². The quantitative estimate of drug-likeness (QED) is 0.673. The fourth-order valence-electron chi connectivity index (χ4n) is 4.23. The van der Waals surface area contributed by atoms with Gasteiger partial charge in [-0.1, -0.05) is 31.0 Å². The molecule has 3 heterocycles. The first-order valence-corrected chi connectivity index (χ1v) is 11.0. The molecule has 1 saturated heterocycles. The van der Waals surface area contributed by atoms with E-state index in [2.05, 4.69) is 22.2 Å². The van der Waals surface area contributed by atoms with Gasteiger partial charge in [-0.2, -0.15) is 5.10 Å². The van der Waals surface area contributed by atoms with Crippen LogP contribution >= 0.6 is 0 Å². The molecule has 6 nitrogen and oxygen atoms in total. The Morgan fingerprint density at radius 2 is 1.90 bits per heavy atom. The number of carbonyl (C=O) groups excluding carboxylic acids is 1. The maximum absolute atomic E-state index is 13.2. The Labute approximate surface area is 178 Å². The summed E-state index contributed by atoms with van der Waals surface area (Å²) in [4.78, 5) is 20.5. The van der Waals surface area contributed by atoms with E-state index in [4.69, 9.17) is 4.98 Å². The summed E-state index contributed by atoms with van der Waals surface area (Å²) in [6.45, 7) is 5.51. The molecule has 1 aliphatic rings. The van der Waals surface area contributed by atoms with Crippen LogP contribution in [0.15, 0.2) is 42.6 Å². The van der Waals surface area contributed by atoms with Gasteiger partial charge in [0.2, 0.25) is 0 Å². The molecule has 158 valence electrons. The lowest BCUT2D eigenvalue weighted by atomic mass is 10.0. The van der Waals surface area contributed by atoms with E-state index in [1.54, 1.807) is 10.9 Å². The second-order valence-electron chi connectivity index (χ2n) is 8.33. The standard InChI is InChI=1S/C24H31N5O/c1-18(12-16-29-14-7-3-4-8-15-29)26-24(30)20-17-22(23-11-13-25-28(23)2)27-21-10-6-5-9-19(20)21/h5-6,9-11,13,17-18H,3-4,7-8,12,14-16H2,1-2H3,(H,26,30)/t18-/m1/s1. The maximum atomic E-state index is 13.2. The van der Waals surface area contributed by atoms with Crippen molar-refractivity contribution in [2.24, 2.45) is 7.05 Å². The van der Waals surface area contributed by atoms with Crippen LogP contribution in [0.3, 0.4) is 0 Å². The molecule has 1 N–H and O–H groups in total. The molecule has 0 aliphatic carbocycles. The van der Waals surface area contributed by atoms with Crippen LogP contribution < -0.4 is 5.32 Å². The van der Waals surface area contributed by atoms with E-state index in [1.165, 1.54) is 38.8 Å². The fraction of sp³-hybridized carbons (Fsp3) is 0.458. The number of amides is 1. The number of rotatable bonds is 6. The Kier molecular flexibility index (Phi) is 6.43. The summed E-state index contributed by atoms with van der Waals surface area (Å²) in [6.07, 6.45) is 7.98. The second-order valence-corrected chi connectivity index (χ2v) is 8.33. The van der Waals surface area contributed by atoms with Gasteiger partial charge < -0.3 is 10.2 Å². The van der Waals surface area contributed by atoms with Gasteiger partial charge in [0.1, 0.15) is 0 Å². The van der Waals surface area contributed by atoms with Crippen molar-refractivity contribution in [2.45, 2.75) is 45.1 Å². The van der Waals surface area contributed by atoms with Crippen molar-refractivity contribution in [3.05, 3.63) is 48.2 Å². The highest BCUT2D eigenvalue weighted by Gasteiger charge is 2.18. The third kappa shape index (κ3) is 4.70. The van der Waals surface area contributed by atoms with Gasteiger partial charge in [-0.25, -0.2) is 4.98 Å². The molecule has 6 heteroatoms. The molecule has 0 radical (unpaired) electrons. The van der Waals surface area contributed by atoms with Gasteiger partial charge in [-0.05, 0) is 57.5 Å². The van der Waals surface area contributed by atoms with Crippen LogP contribution in [0.25, 0.3) is 22.3 Å². The van der Waals surface area contributed by atoms with Crippen LogP contribution in [0.1, 0.15) is 49.4 Å². The Balaban J connectivity index is 1.51. The number of fused-ring (bicyclic) bond motifs is 1. The molecular weight excluding hydrogens is 374 g/mol. The highest BCUT2D eigenvalue weighted by Crippen LogP contribution is 2.24. The van der Waals surface area contributed by atoms with Crippen molar-refractivity contribution in [3.8, 4) is 11.4 Å². The van der Waals surface area contributed by atoms with E-state index >= 15 is 0 Å². The van der Waals surface area contributed by atoms with E-state index in [9.17, 15) is 4.79 Å². The average Bonchev–Trinajstić information content (AvgIpc) is 3.01. The van der Waals surface area contributed by atoms with E-state index in [0.717, 1.165) is 35.3 Å². The van der Waals surface area contributed by atoms with Crippen LogP contribution in [0.4, 0.5) is 0 Å². The van der Waals surface area contributed by atoms with Gasteiger partial charge in [0.05, 0.1) is 22.5 Å². The number of aryl methyl sites for hydroxylation is 1. The maximum Gasteiger partial charge on any atom is 0.252 e. The molecule has 0 bridgehead atoms.